The molecule has 0 aliphatic heterocycles. The number of hydrogen-bond donors (Lipinski definition) is 1. The van der Waals surface area contributed by atoms with Gasteiger partial charge in [-0.15, -0.1) is 0 Å². The first kappa shape index (κ1) is 9.52. The normalized spacial score (nSPS) is 19.8. The third-order valence-electron chi connectivity index (χ3n) is 2.34. The van der Waals surface area contributed by atoms with Crippen molar-refractivity contribution in [2.75, 3.05) is 6.54 Å². The van der Waals surface area contributed by atoms with E-state index < -0.39 is 0 Å². The van der Waals surface area contributed by atoms with E-state index >= 15 is 0 Å². The Balaban J connectivity index is 2.16. The van der Waals surface area contributed by atoms with E-state index in [4.69, 9.17) is 10.5 Å². The molecule has 0 heterocycles. The lowest BCUT2D eigenvalue weighted by atomic mass is 9.96. The van der Waals surface area contributed by atoms with Crippen LogP contribution in [-0.4, -0.2) is 18.6 Å². The second-order valence-corrected chi connectivity index (χ2v) is 3.47. The third kappa shape index (κ3) is 2.48. The maximum atomic E-state index is 11.3. The van der Waals surface area contributed by atoms with Crippen molar-refractivity contribution in [3.05, 3.63) is 0 Å². The van der Waals surface area contributed by atoms with Crippen molar-refractivity contribution in [1.29, 1.82) is 0 Å². The van der Waals surface area contributed by atoms with Gasteiger partial charge in [0.25, 0.3) is 0 Å². The van der Waals surface area contributed by atoms with Gasteiger partial charge in [0.05, 0.1) is 5.92 Å². The van der Waals surface area contributed by atoms with E-state index in [1.54, 1.807) is 0 Å². The first-order chi connectivity index (χ1) is 5.74. The van der Waals surface area contributed by atoms with Crippen molar-refractivity contribution in [3.8, 4) is 0 Å². The minimum absolute atomic E-state index is 0.0319. The van der Waals surface area contributed by atoms with Crippen molar-refractivity contribution >= 4 is 5.97 Å². The molecule has 0 bridgehead atoms. The summed E-state index contributed by atoms with van der Waals surface area (Å²) < 4.78 is 5.21. The van der Waals surface area contributed by atoms with Crippen LogP contribution in [0.15, 0.2) is 0 Å². The topological polar surface area (TPSA) is 52.3 Å². The summed E-state index contributed by atoms with van der Waals surface area (Å²) in [6.45, 7) is 2.43. The Kier molecular flexibility index (Phi) is 3.53. The Morgan fingerprint density at radius 3 is 2.75 bits per heavy atom. The van der Waals surface area contributed by atoms with Gasteiger partial charge in [-0.1, -0.05) is 6.92 Å². The van der Waals surface area contributed by atoms with Gasteiger partial charge >= 0.3 is 5.97 Å². The van der Waals surface area contributed by atoms with E-state index in [9.17, 15) is 4.79 Å². The maximum absolute atomic E-state index is 11.3. The average molecular weight is 171 g/mol. The van der Waals surface area contributed by atoms with Crippen LogP contribution in [-0.2, 0) is 9.53 Å². The number of nitrogens with two attached hydrogens (primary N) is 1. The van der Waals surface area contributed by atoms with Gasteiger partial charge in [0.1, 0.15) is 6.10 Å². The summed E-state index contributed by atoms with van der Waals surface area (Å²) in [5.41, 5.74) is 5.34. The molecule has 1 atom stereocenters. The molecule has 0 aromatic heterocycles. The van der Waals surface area contributed by atoms with E-state index in [0.29, 0.717) is 6.54 Å². The average Bonchev–Trinajstić information content (AvgIpc) is 1.97. The highest BCUT2D eigenvalue weighted by atomic mass is 16.5. The second kappa shape index (κ2) is 4.45. The summed E-state index contributed by atoms with van der Waals surface area (Å²) >= 11 is 0. The lowest BCUT2D eigenvalue weighted by Gasteiger charge is -2.26. The Morgan fingerprint density at radius 2 is 2.33 bits per heavy atom. The Bertz CT molecular complexity index is 155. The van der Waals surface area contributed by atoms with Crippen LogP contribution in [0.25, 0.3) is 0 Å². The second-order valence-electron chi connectivity index (χ2n) is 3.47. The molecule has 1 fully saturated rings. The Hall–Kier alpha value is -0.570. The highest BCUT2D eigenvalue weighted by molar-refractivity contribution is 5.72. The van der Waals surface area contributed by atoms with Crippen LogP contribution in [0.1, 0.15) is 32.6 Å². The van der Waals surface area contributed by atoms with Crippen molar-refractivity contribution in [2.45, 2.75) is 38.7 Å². The molecule has 1 aliphatic rings. The molecule has 1 aliphatic carbocycles. The summed E-state index contributed by atoms with van der Waals surface area (Å²) in [6.07, 6.45) is 4.22. The van der Waals surface area contributed by atoms with Crippen LogP contribution in [0.5, 0.6) is 0 Å². The number of hydrogen-bond acceptors (Lipinski definition) is 3. The molecular formula is C9H17NO2. The van der Waals surface area contributed by atoms with Crippen LogP contribution in [0.2, 0.25) is 0 Å². The molecule has 0 spiro atoms. The minimum atomic E-state index is -0.0786. The molecule has 12 heavy (non-hydrogen) atoms. The van der Waals surface area contributed by atoms with Gasteiger partial charge in [0.2, 0.25) is 0 Å². The first-order valence-electron chi connectivity index (χ1n) is 4.64. The molecule has 1 saturated carbocycles. The van der Waals surface area contributed by atoms with Gasteiger partial charge < -0.3 is 10.5 Å². The van der Waals surface area contributed by atoms with E-state index in [1.807, 2.05) is 6.92 Å². The molecule has 3 heteroatoms. The monoisotopic (exact) mass is 171 g/mol. The summed E-state index contributed by atoms with van der Waals surface area (Å²) in [6, 6.07) is 0. The summed E-state index contributed by atoms with van der Waals surface area (Å²) in [5.74, 6) is -0.110. The number of carbonyl (C=O) groups is 1. The zero-order chi connectivity index (χ0) is 8.97. The van der Waals surface area contributed by atoms with Gasteiger partial charge in [-0.2, -0.15) is 0 Å². The SMILES string of the molecule is CC(CCN)C(=O)OC1CCC1. The molecule has 3 nitrogen and oxygen atoms in total. The first-order valence-corrected chi connectivity index (χ1v) is 4.64. The summed E-state index contributed by atoms with van der Waals surface area (Å²) in [4.78, 5) is 11.3. The van der Waals surface area contributed by atoms with E-state index in [-0.39, 0.29) is 18.0 Å². The summed E-state index contributed by atoms with van der Waals surface area (Å²) in [5, 5.41) is 0. The molecule has 1 unspecified atom stereocenters. The third-order valence-corrected chi connectivity index (χ3v) is 2.34. The molecule has 0 saturated heterocycles. The lowest BCUT2D eigenvalue weighted by Crippen LogP contribution is -2.28. The van der Waals surface area contributed by atoms with E-state index in [2.05, 4.69) is 0 Å². The standard InChI is InChI=1S/C9H17NO2/c1-7(5-6-10)9(11)12-8-3-2-4-8/h7-8H,2-6,10H2,1H3. The zero-order valence-electron chi connectivity index (χ0n) is 7.58. The molecule has 70 valence electrons. The van der Waals surface area contributed by atoms with E-state index in [1.165, 1.54) is 6.42 Å². The largest absolute Gasteiger partial charge is 0.462 e. The van der Waals surface area contributed by atoms with Gasteiger partial charge in [-0.05, 0) is 32.2 Å². The fourth-order valence-corrected chi connectivity index (χ4v) is 1.14. The molecule has 2 N–H and O–H groups in total. The number of rotatable bonds is 4. The van der Waals surface area contributed by atoms with Crippen molar-refractivity contribution in [1.82, 2.24) is 0 Å². The molecule has 0 aromatic carbocycles. The van der Waals surface area contributed by atoms with Gasteiger partial charge in [0, 0.05) is 0 Å². The van der Waals surface area contributed by atoms with Crippen LogP contribution < -0.4 is 5.73 Å². The predicted octanol–water partition coefficient (Wildman–Crippen LogP) is 1.07. The van der Waals surface area contributed by atoms with Crippen LogP contribution in [0, 0.1) is 5.92 Å². The number of carbonyl (C=O) groups excluding carboxylic acids is 1. The van der Waals surface area contributed by atoms with Crippen LogP contribution in [0.4, 0.5) is 0 Å². The molecule has 1 rings (SSSR count). The predicted molar refractivity (Wildman–Crippen MR) is 46.6 cm³/mol. The fourth-order valence-electron chi connectivity index (χ4n) is 1.14. The fraction of sp³-hybridized carbons (Fsp3) is 0.889. The molecule has 0 radical (unpaired) electrons. The van der Waals surface area contributed by atoms with Gasteiger partial charge in [0.15, 0.2) is 0 Å². The molecule has 0 amide bonds. The zero-order valence-corrected chi connectivity index (χ0v) is 7.58. The number of ether oxygens (including phenoxy) is 1. The highest BCUT2D eigenvalue weighted by Gasteiger charge is 2.23. The van der Waals surface area contributed by atoms with E-state index in [0.717, 1.165) is 19.3 Å². The van der Waals surface area contributed by atoms with Gasteiger partial charge in [-0.3, -0.25) is 4.79 Å². The smallest absolute Gasteiger partial charge is 0.308 e. The highest BCUT2D eigenvalue weighted by Crippen LogP contribution is 2.23. The number of esters is 1. The Labute approximate surface area is 73.3 Å². The quantitative estimate of drug-likeness (QED) is 0.644. The van der Waals surface area contributed by atoms with Crippen molar-refractivity contribution in [2.24, 2.45) is 11.7 Å². The molecule has 0 aromatic rings. The summed E-state index contributed by atoms with van der Waals surface area (Å²) in [7, 11) is 0. The lowest BCUT2D eigenvalue weighted by molar-refractivity contribution is -0.157. The maximum Gasteiger partial charge on any atom is 0.308 e. The van der Waals surface area contributed by atoms with Crippen LogP contribution in [0.3, 0.4) is 0 Å². The minimum Gasteiger partial charge on any atom is -0.462 e. The van der Waals surface area contributed by atoms with Crippen molar-refractivity contribution < 1.29 is 9.53 Å². The Morgan fingerprint density at radius 1 is 1.67 bits per heavy atom. The van der Waals surface area contributed by atoms with Crippen LogP contribution >= 0.6 is 0 Å². The van der Waals surface area contributed by atoms with Gasteiger partial charge in [-0.25, -0.2) is 0 Å². The molecular weight excluding hydrogens is 154 g/mol. The van der Waals surface area contributed by atoms with Crippen molar-refractivity contribution in [3.63, 3.8) is 0 Å².